The van der Waals surface area contributed by atoms with Crippen molar-refractivity contribution in [2.24, 2.45) is 7.05 Å². The van der Waals surface area contributed by atoms with Crippen molar-refractivity contribution in [3.63, 3.8) is 0 Å². The lowest BCUT2D eigenvalue weighted by molar-refractivity contribution is 0.560. The maximum atomic E-state index is 12.3. The second-order valence-electron chi connectivity index (χ2n) is 6.77. The summed E-state index contributed by atoms with van der Waals surface area (Å²) in [6.45, 7) is 6.91. The predicted octanol–water partition coefficient (Wildman–Crippen LogP) is 2.11. The Morgan fingerprint density at radius 3 is 2.48 bits per heavy atom. The Labute approximate surface area is 147 Å². The first-order chi connectivity index (χ1) is 12.0. The maximum absolute atomic E-state index is 12.3. The number of H-pyrrole nitrogens is 1. The van der Waals surface area contributed by atoms with Crippen LogP contribution in [0.3, 0.4) is 0 Å². The number of nitrogens with one attached hydrogen (secondary N) is 3. The number of hydrogen-bond acceptors (Lipinski definition) is 5. The molecule has 0 fully saturated rings. The van der Waals surface area contributed by atoms with Gasteiger partial charge in [0.15, 0.2) is 11.2 Å². The summed E-state index contributed by atoms with van der Waals surface area (Å²) in [6.07, 6.45) is 7.01. The fourth-order valence-corrected chi connectivity index (χ4v) is 2.81. The number of aryl methyl sites for hydroxylation is 2. The monoisotopic (exact) mass is 350 g/mol. The number of fused-ring (bicyclic) bond motifs is 1. The molecule has 2 aromatic heterocycles. The molecule has 0 atom stereocenters. The molecule has 0 amide bonds. The lowest BCUT2D eigenvalue weighted by Crippen LogP contribution is -2.31. The summed E-state index contributed by atoms with van der Waals surface area (Å²) in [7, 11) is 1.61. The van der Waals surface area contributed by atoms with Crippen LogP contribution in [0.5, 0.6) is 0 Å². The number of hydrogen-bond donors (Lipinski definition) is 3. The topological polar surface area (TPSA) is 96.7 Å². The molecule has 2 heterocycles. The molecule has 8 nitrogen and oxygen atoms in total. The molecule has 0 bridgehead atoms. The number of aromatic nitrogens is 4. The Kier molecular flexibility index (Phi) is 6.81. The average molecular weight is 350 g/mol. The Morgan fingerprint density at radius 2 is 1.80 bits per heavy atom. The zero-order valence-corrected chi connectivity index (χ0v) is 15.7. The first kappa shape index (κ1) is 19.2. The highest BCUT2D eigenvalue weighted by Gasteiger charge is 2.17. The largest absolute Gasteiger partial charge is 0.329 e. The fourth-order valence-electron chi connectivity index (χ4n) is 2.81. The van der Waals surface area contributed by atoms with Gasteiger partial charge in [0.25, 0.3) is 5.56 Å². The SMILES string of the molecule is CCCCCCCCn1c(NNC(C)C)nc2c1c(=O)[nH]c(=O)n2C. The summed E-state index contributed by atoms with van der Waals surface area (Å²) in [6, 6.07) is 0.212. The van der Waals surface area contributed by atoms with E-state index in [4.69, 9.17) is 0 Å². The standard InChI is InChI=1S/C17H30N6O2/c1-5-6-7-8-9-10-11-23-13-14(18-16(23)21-20-12(2)3)22(4)17(25)19-15(13)24/h12,20H,5-11H2,1-4H3,(H,18,21)(H,19,24,25). The van der Waals surface area contributed by atoms with E-state index in [1.807, 2.05) is 18.4 Å². The lowest BCUT2D eigenvalue weighted by atomic mass is 10.1. The van der Waals surface area contributed by atoms with Gasteiger partial charge in [-0.3, -0.25) is 19.8 Å². The quantitative estimate of drug-likeness (QED) is 0.450. The summed E-state index contributed by atoms with van der Waals surface area (Å²) in [5, 5.41) is 0. The van der Waals surface area contributed by atoms with Gasteiger partial charge < -0.3 is 4.57 Å². The van der Waals surface area contributed by atoms with Crippen LogP contribution >= 0.6 is 0 Å². The first-order valence-corrected chi connectivity index (χ1v) is 9.16. The Hall–Kier alpha value is -2.09. The molecule has 8 heteroatoms. The highest BCUT2D eigenvalue weighted by Crippen LogP contribution is 2.16. The van der Waals surface area contributed by atoms with Gasteiger partial charge in [0, 0.05) is 19.6 Å². The van der Waals surface area contributed by atoms with Crippen LogP contribution in [0.15, 0.2) is 9.59 Å². The number of imidazole rings is 1. The second-order valence-corrected chi connectivity index (χ2v) is 6.77. The number of nitrogens with zero attached hydrogens (tertiary/aromatic N) is 3. The number of rotatable bonds is 10. The molecule has 0 saturated heterocycles. The normalized spacial score (nSPS) is 11.6. The van der Waals surface area contributed by atoms with Crippen molar-refractivity contribution >= 4 is 17.1 Å². The Balaban J connectivity index is 2.27. The minimum absolute atomic E-state index is 0.212. The van der Waals surface area contributed by atoms with Crippen LogP contribution in [0.2, 0.25) is 0 Å². The van der Waals surface area contributed by atoms with Gasteiger partial charge in [-0.1, -0.05) is 39.0 Å². The van der Waals surface area contributed by atoms with Crippen LogP contribution in [-0.2, 0) is 13.6 Å². The van der Waals surface area contributed by atoms with Crippen LogP contribution < -0.4 is 22.1 Å². The van der Waals surface area contributed by atoms with Gasteiger partial charge in [-0.2, -0.15) is 4.98 Å². The van der Waals surface area contributed by atoms with Gasteiger partial charge in [-0.05, 0) is 20.3 Å². The first-order valence-electron chi connectivity index (χ1n) is 9.16. The van der Waals surface area contributed by atoms with Crippen LogP contribution in [0.4, 0.5) is 5.95 Å². The Bertz CT molecular complexity index is 802. The zero-order chi connectivity index (χ0) is 18.4. The Morgan fingerprint density at radius 1 is 1.12 bits per heavy atom. The molecule has 2 aromatic rings. The molecule has 140 valence electrons. The van der Waals surface area contributed by atoms with E-state index in [-0.39, 0.29) is 6.04 Å². The van der Waals surface area contributed by atoms with Crippen molar-refractivity contribution in [3.8, 4) is 0 Å². The van der Waals surface area contributed by atoms with Crippen molar-refractivity contribution in [2.75, 3.05) is 5.43 Å². The molecule has 0 unspecified atom stereocenters. The lowest BCUT2D eigenvalue weighted by Gasteiger charge is -2.13. The molecular formula is C17H30N6O2. The van der Waals surface area contributed by atoms with E-state index in [1.165, 1.54) is 30.3 Å². The maximum Gasteiger partial charge on any atom is 0.329 e. The molecule has 0 radical (unpaired) electrons. The van der Waals surface area contributed by atoms with Gasteiger partial charge in [0.2, 0.25) is 5.95 Å². The van der Waals surface area contributed by atoms with E-state index in [0.717, 1.165) is 12.8 Å². The smallest absolute Gasteiger partial charge is 0.303 e. The third kappa shape index (κ3) is 4.72. The van der Waals surface area contributed by atoms with Crippen LogP contribution in [0, 0.1) is 0 Å². The van der Waals surface area contributed by atoms with Crippen LogP contribution in [0.1, 0.15) is 59.3 Å². The molecular weight excluding hydrogens is 320 g/mol. The zero-order valence-electron chi connectivity index (χ0n) is 15.7. The molecule has 2 rings (SSSR count). The van der Waals surface area contributed by atoms with Gasteiger partial charge in [-0.15, -0.1) is 0 Å². The van der Waals surface area contributed by atoms with Crippen LogP contribution in [-0.4, -0.2) is 25.1 Å². The van der Waals surface area contributed by atoms with Crippen molar-refractivity contribution in [1.29, 1.82) is 0 Å². The minimum Gasteiger partial charge on any atom is -0.303 e. The van der Waals surface area contributed by atoms with Crippen molar-refractivity contribution < 1.29 is 0 Å². The molecule has 0 saturated carbocycles. The summed E-state index contributed by atoms with van der Waals surface area (Å²) < 4.78 is 3.23. The van der Waals surface area contributed by atoms with Crippen LogP contribution in [0.25, 0.3) is 11.2 Å². The van der Waals surface area contributed by atoms with Gasteiger partial charge in [0.1, 0.15) is 0 Å². The summed E-state index contributed by atoms with van der Waals surface area (Å²) in [4.78, 5) is 31.0. The molecule has 0 aliphatic carbocycles. The van der Waals surface area contributed by atoms with Crippen molar-refractivity contribution in [3.05, 3.63) is 20.8 Å². The third-order valence-electron chi connectivity index (χ3n) is 4.21. The fraction of sp³-hybridized carbons (Fsp3) is 0.706. The molecule has 3 N–H and O–H groups in total. The number of anilines is 1. The number of unbranched alkanes of at least 4 members (excludes halogenated alkanes) is 5. The van der Waals surface area contributed by atoms with E-state index in [0.29, 0.717) is 23.7 Å². The summed E-state index contributed by atoms with van der Waals surface area (Å²) in [5.41, 5.74) is 6.16. The highest BCUT2D eigenvalue weighted by molar-refractivity contribution is 5.74. The van der Waals surface area contributed by atoms with Crippen molar-refractivity contribution in [1.82, 2.24) is 24.5 Å². The van der Waals surface area contributed by atoms with E-state index in [2.05, 4.69) is 27.7 Å². The molecule has 0 aromatic carbocycles. The third-order valence-corrected chi connectivity index (χ3v) is 4.21. The average Bonchev–Trinajstić information content (AvgIpc) is 2.93. The van der Waals surface area contributed by atoms with Crippen molar-refractivity contribution in [2.45, 2.75) is 71.9 Å². The predicted molar refractivity (Wildman–Crippen MR) is 101 cm³/mol. The molecule has 0 spiro atoms. The van der Waals surface area contributed by atoms with Gasteiger partial charge in [-0.25, -0.2) is 10.2 Å². The summed E-state index contributed by atoms with van der Waals surface area (Å²) >= 11 is 0. The highest BCUT2D eigenvalue weighted by atomic mass is 16.2. The van der Waals surface area contributed by atoms with E-state index < -0.39 is 11.2 Å². The molecule has 25 heavy (non-hydrogen) atoms. The molecule has 0 aliphatic heterocycles. The minimum atomic E-state index is -0.454. The number of aromatic amines is 1. The van der Waals surface area contributed by atoms with Gasteiger partial charge >= 0.3 is 5.69 Å². The number of hydrazine groups is 1. The second kappa shape index (κ2) is 8.84. The summed E-state index contributed by atoms with van der Waals surface area (Å²) in [5.74, 6) is 0.559. The van der Waals surface area contributed by atoms with E-state index in [9.17, 15) is 9.59 Å². The van der Waals surface area contributed by atoms with E-state index in [1.54, 1.807) is 7.05 Å². The molecule has 0 aliphatic rings. The van der Waals surface area contributed by atoms with Gasteiger partial charge in [0.05, 0.1) is 0 Å². The van der Waals surface area contributed by atoms with E-state index >= 15 is 0 Å².